The number of hydrogen-bond acceptors (Lipinski definition) is 3. The molecule has 1 aliphatic carbocycles. The monoisotopic (exact) mass is 262 g/mol. The van der Waals surface area contributed by atoms with Gasteiger partial charge in [-0.1, -0.05) is 12.1 Å². The van der Waals surface area contributed by atoms with E-state index in [1.807, 2.05) is 13.1 Å². The number of rotatable bonds is 7. The average molecular weight is 262 g/mol. The summed E-state index contributed by atoms with van der Waals surface area (Å²) in [6, 6.07) is 8.25. The molecule has 0 aromatic heterocycles. The summed E-state index contributed by atoms with van der Waals surface area (Å²) in [5.74, 6) is -0.746. The maximum atomic E-state index is 11.2. The highest BCUT2D eigenvalue weighted by molar-refractivity contribution is 5.73. The van der Waals surface area contributed by atoms with Crippen LogP contribution in [0.3, 0.4) is 0 Å². The van der Waals surface area contributed by atoms with Gasteiger partial charge in [-0.25, -0.2) is 0 Å². The van der Waals surface area contributed by atoms with E-state index >= 15 is 0 Å². The SMILES string of the molecule is Cc1cccc(N(C)CCC(NC2CC2)C(=O)O)c1. The normalized spacial score (nSPS) is 16.1. The summed E-state index contributed by atoms with van der Waals surface area (Å²) in [5, 5.41) is 12.4. The Morgan fingerprint density at radius 3 is 2.84 bits per heavy atom. The zero-order valence-corrected chi connectivity index (χ0v) is 11.6. The van der Waals surface area contributed by atoms with Gasteiger partial charge in [-0.05, 0) is 43.9 Å². The van der Waals surface area contributed by atoms with E-state index in [-0.39, 0.29) is 0 Å². The first-order chi connectivity index (χ1) is 9.06. The van der Waals surface area contributed by atoms with Crippen LogP contribution in [0.15, 0.2) is 24.3 Å². The van der Waals surface area contributed by atoms with Crippen molar-refractivity contribution in [2.45, 2.75) is 38.3 Å². The predicted octanol–water partition coefficient (Wildman–Crippen LogP) is 2.03. The number of carbonyl (C=O) groups is 1. The van der Waals surface area contributed by atoms with E-state index in [1.165, 1.54) is 5.56 Å². The smallest absolute Gasteiger partial charge is 0.320 e. The molecule has 19 heavy (non-hydrogen) atoms. The van der Waals surface area contributed by atoms with Gasteiger partial charge in [-0.3, -0.25) is 4.79 Å². The first kappa shape index (κ1) is 13.9. The molecule has 1 unspecified atom stereocenters. The van der Waals surface area contributed by atoms with Gasteiger partial charge in [0.25, 0.3) is 0 Å². The first-order valence-corrected chi connectivity index (χ1v) is 6.83. The van der Waals surface area contributed by atoms with Gasteiger partial charge in [0.2, 0.25) is 0 Å². The van der Waals surface area contributed by atoms with Crippen molar-refractivity contribution < 1.29 is 9.90 Å². The lowest BCUT2D eigenvalue weighted by atomic mass is 10.1. The average Bonchev–Trinajstić information content (AvgIpc) is 3.17. The van der Waals surface area contributed by atoms with Crippen molar-refractivity contribution in [2.24, 2.45) is 0 Å². The summed E-state index contributed by atoms with van der Waals surface area (Å²) in [5.41, 5.74) is 2.35. The molecule has 0 spiro atoms. The van der Waals surface area contributed by atoms with Crippen molar-refractivity contribution in [3.63, 3.8) is 0 Å². The van der Waals surface area contributed by atoms with Crippen molar-refractivity contribution >= 4 is 11.7 Å². The quantitative estimate of drug-likeness (QED) is 0.789. The van der Waals surface area contributed by atoms with E-state index in [0.29, 0.717) is 12.5 Å². The van der Waals surface area contributed by atoms with E-state index in [1.54, 1.807) is 0 Å². The summed E-state index contributed by atoms with van der Waals surface area (Å²) in [4.78, 5) is 13.3. The number of nitrogens with one attached hydrogen (secondary N) is 1. The molecule has 1 aromatic rings. The van der Waals surface area contributed by atoms with Crippen LogP contribution in [0.2, 0.25) is 0 Å². The minimum atomic E-state index is -0.746. The highest BCUT2D eigenvalue weighted by Crippen LogP contribution is 2.20. The molecule has 0 bridgehead atoms. The molecule has 0 amide bonds. The fourth-order valence-electron chi connectivity index (χ4n) is 2.13. The molecule has 0 heterocycles. The number of carboxylic acid groups (broad SMARTS) is 1. The standard InChI is InChI=1S/C15H22N2O2/c1-11-4-3-5-13(10-11)17(2)9-8-14(15(18)19)16-12-6-7-12/h3-5,10,12,14,16H,6-9H2,1-2H3,(H,18,19). The van der Waals surface area contributed by atoms with E-state index in [2.05, 4.69) is 35.3 Å². The number of aryl methyl sites for hydroxylation is 1. The molecule has 2 rings (SSSR count). The Bertz CT molecular complexity index is 444. The molecule has 4 heteroatoms. The number of hydrogen-bond donors (Lipinski definition) is 2. The van der Waals surface area contributed by atoms with Crippen LogP contribution in [0.1, 0.15) is 24.8 Å². The molecule has 0 radical (unpaired) electrons. The molecule has 1 aromatic carbocycles. The Balaban J connectivity index is 1.87. The maximum absolute atomic E-state index is 11.2. The van der Waals surface area contributed by atoms with Crippen LogP contribution >= 0.6 is 0 Å². The molecular weight excluding hydrogens is 240 g/mol. The van der Waals surface area contributed by atoms with Gasteiger partial charge in [-0.15, -0.1) is 0 Å². The molecular formula is C15H22N2O2. The number of carboxylic acids is 1. The van der Waals surface area contributed by atoms with Gasteiger partial charge in [0.15, 0.2) is 0 Å². The molecule has 4 nitrogen and oxygen atoms in total. The minimum Gasteiger partial charge on any atom is -0.480 e. The van der Waals surface area contributed by atoms with Gasteiger partial charge in [-0.2, -0.15) is 0 Å². The second-order valence-electron chi connectivity index (χ2n) is 5.38. The zero-order valence-electron chi connectivity index (χ0n) is 11.6. The van der Waals surface area contributed by atoms with Gasteiger partial charge in [0.05, 0.1) is 0 Å². The lowest BCUT2D eigenvalue weighted by Crippen LogP contribution is -2.40. The second-order valence-corrected chi connectivity index (χ2v) is 5.38. The van der Waals surface area contributed by atoms with E-state index in [9.17, 15) is 9.90 Å². The maximum Gasteiger partial charge on any atom is 0.320 e. The molecule has 0 saturated heterocycles. The van der Waals surface area contributed by atoms with Crippen molar-refractivity contribution in [1.29, 1.82) is 0 Å². The highest BCUT2D eigenvalue weighted by atomic mass is 16.4. The minimum absolute atomic E-state index is 0.422. The number of nitrogens with zero attached hydrogens (tertiary/aromatic N) is 1. The van der Waals surface area contributed by atoms with Crippen molar-refractivity contribution in [3.8, 4) is 0 Å². The summed E-state index contributed by atoms with van der Waals surface area (Å²) in [7, 11) is 2.00. The van der Waals surface area contributed by atoms with Crippen LogP contribution in [-0.4, -0.2) is 36.8 Å². The van der Waals surface area contributed by atoms with E-state index < -0.39 is 12.0 Å². The Morgan fingerprint density at radius 2 is 2.26 bits per heavy atom. The fraction of sp³-hybridized carbons (Fsp3) is 0.533. The number of anilines is 1. The third-order valence-corrected chi connectivity index (χ3v) is 3.51. The third-order valence-electron chi connectivity index (χ3n) is 3.51. The lowest BCUT2D eigenvalue weighted by molar-refractivity contribution is -0.139. The number of aliphatic carboxylic acids is 1. The van der Waals surface area contributed by atoms with Crippen LogP contribution in [0, 0.1) is 6.92 Å². The van der Waals surface area contributed by atoms with Crippen molar-refractivity contribution in [3.05, 3.63) is 29.8 Å². The second kappa shape index (κ2) is 6.06. The first-order valence-electron chi connectivity index (χ1n) is 6.83. The van der Waals surface area contributed by atoms with Crippen LogP contribution in [0.25, 0.3) is 0 Å². The van der Waals surface area contributed by atoms with Crippen LogP contribution in [-0.2, 0) is 4.79 Å². The largest absolute Gasteiger partial charge is 0.480 e. The molecule has 1 saturated carbocycles. The summed E-state index contributed by atoms with van der Waals surface area (Å²) >= 11 is 0. The fourth-order valence-corrected chi connectivity index (χ4v) is 2.13. The number of benzene rings is 1. The van der Waals surface area contributed by atoms with Gasteiger partial charge >= 0.3 is 5.97 Å². The van der Waals surface area contributed by atoms with Gasteiger partial charge in [0.1, 0.15) is 6.04 Å². The summed E-state index contributed by atoms with van der Waals surface area (Å²) < 4.78 is 0. The third kappa shape index (κ3) is 4.24. The molecule has 1 fully saturated rings. The zero-order chi connectivity index (χ0) is 13.8. The van der Waals surface area contributed by atoms with Crippen molar-refractivity contribution in [1.82, 2.24) is 5.32 Å². The Morgan fingerprint density at radius 1 is 1.53 bits per heavy atom. The summed E-state index contributed by atoms with van der Waals surface area (Å²) in [6.45, 7) is 2.80. The molecule has 0 aliphatic heterocycles. The van der Waals surface area contributed by atoms with E-state index in [4.69, 9.17) is 0 Å². The molecule has 1 atom stereocenters. The Labute approximate surface area is 114 Å². The summed E-state index contributed by atoms with van der Waals surface area (Å²) in [6.07, 6.45) is 2.84. The molecule has 1 aliphatic rings. The molecule has 2 N–H and O–H groups in total. The topological polar surface area (TPSA) is 52.6 Å². The van der Waals surface area contributed by atoms with Gasteiger partial charge in [0, 0.05) is 25.3 Å². The Hall–Kier alpha value is -1.55. The highest BCUT2D eigenvalue weighted by Gasteiger charge is 2.28. The van der Waals surface area contributed by atoms with Crippen LogP contribution < -0.4 is 10.2 Å². The van der Waals surface area contributed by atoms with Crippen LogP contribution in [0.5, 0.6) is 0 Å². The lowest BCUT2D eigenvalue weighted by Gasteiger charge is -2.22. The van der Waals surface area contributed by atoms with Crippen LogP contribution in [0.4, 0.5) is 5.69 Å². The van der Waals surface area contributed by atoms with Crippen molar-refractivity contribution in [2.75, 3.05) is 18.5 Å². The predicted molar refractivity (Wildman–Crippen MR) is 76.6 cm³/mol. The molecule has 104 valence electrons. The Kier molecular flexibility index (Phi) is 4.43. The van der Waals surface area contributed by atoms with Gasteiger partial charge < -0.3 is 15.3 Å². The van der Waals surface area contributed by atoms with E-state index in [0.717, 1.165) is 25.1 Å².